The highest BCUT2D eigenvalue weighted by Gasteiger charge is 2.17. The topological polar surface area (TPSA) is 84.3 Å². The zero-order valence-corrected chi connectivity index (χ0v) is 14.2. The molecule has 3 aromatic rings. The first-order valence-electron chi connectivity index (χ1n) is 7.64. The molecule has 1 aromatic heterocycles. The Hall–Kier alpha value is -2.70. The van der Waals surface area contributed by atoms with E-state index in [4.69, 9.17) is 21.4 Å². The van der Waals surface area contributed by atoms with Gasteiger partial charge >= 0.3 is 0 Å². The first-order valence-corrected chi connectivity index (χ1v) is 8.01. The smallest absolute Gasteiger partial charge is 0.270 e. The van der Waals surface area contributed by atoms with Crippen molar-refractivity contribution in [2.24, 2.45) is 0 Å². The summed E-state index contributed by atoms with van der Waals surface area (Å²) in [7, 11) is 1.59. The number of carbonyl (C=O) groups is 1. The fourth-order valence-corrected chi connectivity index (χ4v) is 2.63. The van der Waals surface area contributed by atoms with E-state index in [1.165, 1.54) is 0 Å². The molecule has 0 saturated heterocycles. The second-order valence-electron chi connectivity index (χ2n) is 5.24. The lowest BCUT2D eigenvalue weighted by molar-refractivity contribution is 0.0941. The van der Waals surface area contributed by atoms with E-state index in [0.29, 0.717) is 27.5 Å². The lowest BCUT2D eigenvalue weighted by atomic mass is 10.1. The number of hydrogen-bond donors (Lipinski definition) is 2. The molecule has 0 fully saturated rings. The average molecular weight is 358 g/mol. The number of aliphatic hydroxyl groups is 1. The van der Waals surface area contributed by atoms with Crippen LogP contribution >= 0.6 is 11.6 Å². The molecule has 7 heteroatoms. The maximum atomic E-state index is 12.4. The van der Waals surface area contributed by atoms with Gasteiger partial charge in [-0.1, -0.05) is 23.7 Å². The molecule has 2 aromatic carbocycles. The third-order valence-electron chi connectivity index (χ3n) is 3.64. The number of ether oxygens (including phenoxy) is 1. The molecule has 0 aliphatic heterocycles. The fraction of sp³-hybridized carbons (Fsp3) is 0.167. The Kier molecular flexibility index (Phi) is 5.11. The maximum Gasteiger partial charge on any atom is 0.270 e. The van der Waals surface area contributed by atoms with Crippen LogP contribution in [-0.4, -0.2) is 41.2 Å². The van der Waals surface area contributed by atoms with E-state index >= 15 is 0 Å². The Bertz CT molecular complexity index is 913. The monoisotopic (exact) mass is 357 g/mol. The predicted molar refractivity (Wildman–Crippen MR) is 96.0 cm³/mol. The summed E-state index contributed by atoms with van der Waals surface area (Å²) in [6, 6.07) is 12.4. The van der Waals surface area contributed by atoms with Crippen LogP contribution in [0.3, 0.4) is 0 Å². The van der Waals surface area contributed by atoms with E-state index < -0.39 is 5.91 Å². The van der Waals surface area contributed by atoms with Crippen molar-refractivity contribution in [2.75, 3.05) is 20.3 Å². The van der Waals surface area contributed by atoms with E-state index in [1.807, 2.05) is 12.1 Å². The molecule has 0 bridgehead atoms. The highest BCUT2D eigenvalue weighted by Crippen LogP contribution is 2.27. The van der Waals surface area contributed by atoms with Gasteiger partial charge in [0.1, 0.15) is 11.4 Å². The summed E-state index contributed by atoms with van der Waals surface area (Å²) in [6.07, 6.45) is 0. The number of hydrogen-bond acceptors (Lipinski definition) is 5. The molecule has 25 heavy (non-hydrogen) atoms. The van der Waals surface area contributed by atoms with E-state index in [0.717, 1.165) is 5.56 Å². The Morgan fingerprint density at radius 3 is 2.64 bits per heavy atom. The first-order chi connectivity index (χ1) is 12.1. The van der Waals surface area contributed by atoms with Crippen LogP contribution in [0.1, 0.15) is 10.5 Å². The SMILES string of the molecule is COc1ccc(-c2nc(C(=O)NCCO)c3cccc(Cl)c3n2)cc1. The van der Waals surface area contributed by atoms with Gasteiger partial charge in [-0.15, -0.1) is 0 Å². The number of halogens is 1. The number of fused-ring (bicyclic) bond motifs is 1. The minimum Gasteiger partial charge on any atom is -0.497 e. The Morgan fingerprint density at radius 2 is 1.96 bits per heavy atom. The molecular formula is C18H16ClN3O3. The minimum absolute atomic E-state index is 0.142. The Morgan fingerprint density at radius 1 is 1.20 bits per heavy atom. The van der Waals surface area contributed by atoms with Crippen LogP contribution in [-0.2, 0) is 0 Å². The van der Waals surface area contributed by atoms with Gasteiger partial charge < -0.3 is 15.2 Å². The number of rotatable bonds is 5. The van der Waals surface area contributed by atoms with Crippen molar-refractivity contribution in [2.45, 2.75) is 0 Å². The van der Waals surface area contributed by atoms with Crippen molar-refractivity contribution in [3.8, 4) is 17.1 Å². The van der Waals surface area contributed by atoms with Crippen molar-refractivity contribution in [1.82, 2.24) is 15.3 Å². The summed E-state index contributed by atoms with van der Waals surface area (Å²) in [5.74, 6) is 0.708. The summed E-state index contributed by atoms with van der Waals surface area (Å²) in [6.45, 7) is -0.0103. The molecule has 0 saturated carbocycles. The molecule has 6 nitrogen and oxygen atoms in total. The third-order valence-corrected chi connectivity index (χ3v) is 3.94. The lowest BCUT2D eigenvalue weighted by Crippen LogP contribution is -2.27. The molecule has 3 rings (SSSR count). The molecule has 1 heterocycles. The zero-order chi connectivity index (χ0) is 17.8. The maximum absolute atomic E-state index is 12.4. The van der Waals surface area contributed by atoms with Gasteiger partial charge in [0.25, 0.3) is 5.91 Å². The van der Waals surface area contributed by atoms with E-state index in [1.54, 1.807) is 37.4 Å². The molecular weight excluding hydrogens is 342 g/mol. The summed E-state index contributed by atoms with van der Waals surface area (Å²) < 4.78 is 5.15. The number of nitrogens with one attached hydrogen (secondary N) is 1. The van der Waals surface area contributed by atoms with Gasteiger partial charge in [0.05, 0.1) is 24.3 Å². The molecule has 0 spiro atoms. The molecule has 128 valence electrons. The van der Waals surface area contributed by atoms with Crippen LogP contribution in [0.5, 0.6) is 5.75 Å². The largest absolute Gasteiger partial charge is 0.497 e. The van der Waals surface area contributed by atoms with Crippen LogP contribution < -0.4 is 10.1 Å². The highest BCUT2D eigenvalue weighted by molar-refractivity contribution is 6.35. The van der Waals surface area contributed by atoms with Gasteiger partial charge in [-0.05, 0) is 30.3 Å². The van der Waals surface area contributed by atoms with Crippen LogP contribution in [0.2, 0.25) is 5.02 Å². The number of methoxy groups -OCH3 is 1. The number of benzene rings is 2. The van der Waals surface area contributed by atoms with Crippen molar-refractivity contribution in [3.05, 3.63) is 53.2 Å². The van der Waals surface area contributed by atoms with E-state index in [2.05, 4.69) is 15.3 Å². The van der Waals surface area contributed by atoms with Crippen molar-refractivity contribution in [3.63, 3.8) is 0 Å². The molecule has 0 unspecified atom stereocenters. The van der Waals surface area contributed by atoms with Gasteiger partial charge in [-0.25, -0.2) is 9.97 Å². The van der Waals surface area contributed by atoms with Gasteiger partial charge in [0.15, 0.2) is 5.82 Å². The summed E-state index contributed by atoms with van der Waals surface area (Å²) in [5, 5.41) is 12.5. The molecule has 0 radical (unpaired) electrons. The number of aliphatic hydroxyl groups excluding tert-OH is 1. The quantitative estimate of drug-likeness (QED) is 0.733. The standard InChI is InChI=1S/C18H16ClN3O3/c1-25-12-7-5-11(6-8-12)17-21-15-13(3-2-4-14(15)19)16(22-17)18(24)20-9-10-23/h2-8,23H,9-10H2,1H3,(H,20,24). The van der Waals surface area contributed by atoms with Crippen LogP contribution in [0.25, 0.3) is 22.3 Å². The van der Waals surface area contributed by atoms with Gasteiger partial charge in [0.2, 0.25) is 0 Å². The first kappa shape index (κ1) is 17.1. The molecule has 0 aliphatic carbocycles. The lowest BCUT2D eigenvalue weighted by Gasteiger charge is -2.10. The van der Waals surface area contributed by atoms with Crippen molar-refractivity contribution in [1.29, 1.82) is 0 Å². The summed E-state index contributed by atoms with van der Waals surface area (Å²) >= 11 is 6.26. The van der Waals surface area contributed by atoms with Crippen LogP contribution in [0.15, 0.2) is 42.5 Å². The highest BCUT2D eigenvalue weighted by atomic mass is 35.5. The third kappa shape index (κ3) is 3.55. The second kappa shape index (κ2) is 7.46. The molecule has 1 amide bonds. The van der Waals surface area contributed by atoms with Gasteiger partial charge in [0, 0.05) is 17.5 Å². The number of carbonyl (C=O) groups excluding carboxylic acids is 1. The summed E-state index contributed by atoms with van der Waals surface area (Å²) in [5.41, 5.74) is 1.45. The second-order valence-corrected chi connectivity index (χ2v) is 5.65. The van der Waals surface area contributed by atoms with Crippen LogP contribution in [0.4, 0.5) is 0 Å². The average Bonchev–Trinajstić information content (AvgIpc) is 2.66. The molecule has 0 atom stereocenters. The zero-order valence-electron chi connectivity index (χ0n) is 13.5. The van der Waals surface area contributed by atoms with E-state index in [-0.39, 0.29) is 18.8 Å². The molecule has 0 aliphatic rings. The van der Waals surface area contributed by atoms with Crippen LogP contribution in [0, 0.1) is 0 Å². The molecule has 2 N–H and O–H groups in total. The number of aromatic nitrogens is 2. The Balaban J connectivity index is 2.16. The summed E-state index contributed by atoms with van der Waals surface area (Å²) in [4.78, 5) is 21.4. The van der Waals surface area contributed by atoms with Gasteiger partial charge in [-0.2, -0.15) is 0 Å². The van der Waals surface area contributed by atoms with Crippen molar-refractivity contribution < 1.29 is 14.6 Å². The number of nitrogens with zero attached hydrogens (tertiary/aromatic N) is 2. The number of amides is 1. The Labute approximate surface area is 149 Å². The minimum atomic E-state index is -0.390. The predicted octanol–water partition coefficient (Wildman–Crippen LogP) is 2.68. The van der Waals surface area contributed by atoms with E-state index in [9.17, 15) is 4.79 Å². The normalized spacial score (nSPS) is 10.7. The number of para-hydroxylation sites is 1. The fourth-order valence-electron chi connectivity index (χ4n) is 2.41. The van der Waals surface area contributed by atoms with Crippen molar-refractivity contribution >= 4 is 28.4 Å². The van der Waals surface area contributed by atoms with Gasteiger partial charge in [-0.3, -0.25) is 4.79 Å².